The minimum atomic E-state index is -4.96. The van der Waals surface area contributed by atoms with Crippen molar-refractivity contribution in [2.75, 3.05) is 0 Å². The fraction of sp³-hybridized carbons (Fsp3) is 0.455. The zero-order valence-corrected chi connectivity index (χ0v) is 11.0. The monoisotopic (exact) mass is 292 g/mol. The van der Waals surface area contributed by atoms with E-state index in [1.807, 2.05) is 0 Å². The van der Waals surface area contributed by atoms with E-state index in [-0.39, 0.29) is 16.3 Å². The Morgan fingerprint density at radius 2 is 2.16 bits per heavy atom. The van der Waals surface area contributed by atoms with E-state index < -0.39 is 24.2 Å². The summed E-state index contributed by atoms with van der Waals surface area (Å²) in [4.78, 5) is 12.8. The number of alkyl halides is 3. The van der Waals surface area contributed by atoms with Gasteiger partial charge in [-0.15, -0.1) is 11.3 Å². The highest BCUT2D eigenvalue weighted by atomic mass is 32.1. The molecule has 0 aliphatic carbocycles. The predicted octanol–water partition coefficient (Wildman–Crippen LogP) is 2.53. The van der Waals surface area contributed by atoms with E-state index in [1.165, 1.54) is 29.7 Å². The third-order valence-electron chi connectivity index (χ3n) is 2.75. The van der Waals surface area contributed by atoms with Crippen LogP contribution in [0.5, 0.6) is 0 Å². The normalized spacial score (nSPS) is 23.7. The molecule has 1 aromatic rings. The van der Waals surface area contributed by atoms with Crippen LogP contribution in [0.15, 0.2) is 16.5 Å². The number of hydrogen-bond donors (Lipinski definition) is 1. The number of aryl methyl sites for hydroxylation is 1. The number of aliphatic hydroxyl groups is 1. The lowest BCUT2D eigenvalue weighted by atomic mass is 10.1. The molecule has 104 valence electrons. The molecule has 0 saturated carbocycles. The van der Waals surface area contributed by atoms with Crippen molar-refractivity contribution < 1.29 is 23.1 Å². The maximum Gasteiger partial charge on any atom is 0.438 e. The molecule has 4 nitrogen and oxygen atoms in total. The molecule has 1 unspecified atom stereocenters. The zero-order chi connectivity index (χ0) is 14.4. The molecule has 8 heteroatoms. The number of carbonyl (C=O) groups is 1. The summed E-state index contributed by atoms with van der Waals surface area (Å²) in [5.74, 6) is -0.957. The van der Waals surface area contributed by atoms with Gasteiger partial charge in [-0.25, -0.2) is 0 Å². The van der Waals surface area contributed by atoms with E-state index in [0.717, 1.165) is 4.88 Å². The second-order valence-corrected chi connectivity index (χ2v) is 5.50. The van der Waals surface area contributed by atoms with E-state index >= 15 is 0 Å². The quantitative estimate of drug-likeness (QED) is 0.864. The standard InChI is InChI=1S/C11H11F3N2O2S/c1-6-4-10(18,11(12,13)14)16(15-6)9(17)8-3-7(2)19-5-8/h3,5,18H,4H2,1-2H3. The van der Waals surface area contributed by atoms with E-state index in [1.54, 1.807) is 6.92 Å². The van der Waals surface area contributed by atoms with Crippen LogP contribution in [0, 0.1) is 6.92 Å². The largest absolute Gasteiger partial charge is 0.438 e. The van der Waals surface area contributed by atoms with Crippen LogP contribution in [0.2, 0.25) is 0 Å². The number of thiophene rings is 1. The summed E-state index contributed by atoms with van der Waals surface area (Å²) in [6, 6.07) is 1.47. The van der Waals surface area contributed by atoms with Gasteiger partial charge in [-0.3, -0.25) is 4.79 Å². The Balaban J connectivity index is 2.39. The predicted molar refractivity (Wildman–Crippen MR) is 64.0 cm³/mol. The Kier molecular flexibility index (Phi) is 3.18. The van der Waals surface area contributed by atoms with Crippen molar-refractivity contribution in [2.45, 2.75) is 32.2 Å². The van der Waals surface area contributed by atoms with Gasteiger partial charge in [0.15, 0.2) is 0 Å². The summed E-state index contributed by atoms with van der Waals surface area (Å²) in [5.41, 5.74) is -3.12. The van der Waals surface area contributed by atoms with Crippen LogP contribution >= 0.6 is 11.3 Å². The average molecular weight is 292 g/mol. The third kappa shape index (κ3) is 2.25. The van der Waals surface area contributed by atoms with Crippen molar-refractivity contribution in [3.63, 3.8) is 0 Å². The fourth-order valence-electron chi connectivity index (χ4n) is 1.83. The molecule has 0 fully saturated rings. The third-order valence-corrected chi connectivity index (χ3v) is 3.61. The van der Waals surface area contributed by atoms with Crippen molar-refractivity contribution in [3.05, 3.63) is 21.9 Å². The van der Waals surface area contributed by atoms with Gasteiger partial charge in [0.25, 0.3) is 11.6 Å². The second-order valence-electron chi connectivity index (χ2n) is 4.39. The lowest BCUT2D eigenvalue weighted by Crippen LogP contribution is -2.56. The van der Waals surface area contributed by atoms with Crippen molar-refractivity contribution >= 4 is 23.0 Å². The van der Waals surface area contributed by atoms with Gasteiger partial charge in [0.2, 0.25) is 0 Å². The van der Waals surface area contributed by atoms with Gasteiger partial charge >= 0.3 is 6.18 Å². The minimum absolute atomic E-state index is 0.0557. The summed E-state index contributed by atoms with van der Waals surface area (Å²) in [7, 11) is 0. The van der Waals surface area contributed by atoms with E-state index in [0.29, 0.717) is 0 Å². The first-order valence-corrected chi connectivity index (χ1v) is 6.26. The van der Waals surface area contributed by atoms with Gasteiger partial charge in [0, 0.05) is 22.4 Å². The molecule has 1 N–H and O–H groups in total. The maximum atomic E-state index is 12.9. The van der Waals surface area contributed by atoms with Gasteiger partial charge in [0.1, 0.15) is 0 Å². The smallest absolute Gasteiger partial charge is 0.362 e. The molecule has 0 radical (unpaired) electrons. The number of hydrazone groups is 1. The SMILES string of the molecule is CC1=NN(C(=O)c2csc(C)c2)C(O)(C(F)(F)F)C1. The van der Waals surface area contributed by atoms with E-state index in [4.69, 9.17) is 0 Å². The molecule has 0 bridgehead atoms. The highest BCUT2D eigenvalue weighted by Crippen LogP contribution is 2.41. The minimum Gasteiger partial charge on any atom is -0.362 e. The van der Waals surface area contributed by atoms with Gasteiger partial charge in [-0.05, 0) is 19.9 Å². The molecule has 1 amide bonds. The second kappa shape index (κ2) is 4.31. The highest BCUT2D eigenvalue weighted by molar-refractivity contribution is 7.10. The summed E-state index contributed by atoms with van der Waals surface area (Å²) in [6.45, 7) is 3.07. The Bertz CT molecular complexity index is 552. The van der Waals surface area contributed by atoms with Crippen molar-refractivity contribution in [1.29, 1.82) is 0 Å². The summed E-state index contributed by atoms with van der Waals surface area (Å²) < 4.78 is 38.8. The van der Waals surface area contributed by atoms with Gasteiger partial charge < -0.3 is 5.11 Å². The molecule has 2 rings (SSSR count). The number of carbonyl (C=O) groups excluding carboxylic acids is 1. The first-order valence-electron chi connectivity index (χ1n) is 5.38. The molecule has 1 aliphatic rings. The zero-order valence-electron chi connectivity index (χ0n) is 10.2. The van der Waals surface area contributed by atoms with E-state index in [2.05, 4.69) is 5.10 Å². The first kappa shape index (κ1) is 14.0. The van der Waals surface area contributed by atoms with Crippen molar-refractivity contribution in [2.24, 2.45) is 5.10 Å². The Labute approximate surface area is 111 Å². The summed E-state index contributed by atoms with van der Waals surface area (Å²) in [6.07, 6.45) is -5.69. The first-order chi connectivity index (χ1) is 8.65. The average Bonchev–Trinajstić information content (AvgIpc) is 2.81. The molecule has 1 aromatic heterocycles. The molecule has 0 saturated heterocycles. The van der Waals surface area contributed by atoms with Crippen LogP contribution in [0.4, 0.5) is 13.2 Å². The van der Waals surface area contributed by atoms with Gasteiger partial charge in [-0.2, -0.15) is 23.3 Å². The molecule has 2 heterocycles. The number of hydrogen-bond acceptors (Lipinski definition) is 4. The van der Waals surface area contributed by atoms with Crippen LogP contribution < -0.4 is 0 Å². The molecular formula is C11H11F3N2O2S. The van der Waals surface area contributed by atoms with Crippen molar-refractivity contribution in [1.82, 2.24) is 5.01 Å². The molecule has 0 aromatic carbocycles. The van der Waals surface area contributed by atoms with Gasteiger partial charge in [0.05, 0.1) is 5.56 Å². The number of rotatable bonds is 1. The van der Waals surface area contributed by atoms with E-state index in [9.17, 15) is 23.1 Å². The number of nitrogens with zero attached hydrogens (tertiary/aromatic N) is 2. The number of amides is 1. The van der Waals surface area contributed by atoms with Crippen LogP contribution in [0.1, 0.15) is 28.6 Å². The summed E-state index contributed by atoms with van der Waals surface area (Å²) in [5, 5.41) is 14.9. The lowest BCUT2D eigenvalue weighted by molar-refractivity contribution is -0.297. The Hall–Kier alpha value is -1.41. The number of halogens is 3. The van der Waals surface area contributed by atoms with Crippen molar-refractivity contribution in [3.8, 4) is 0 Å². The molecule has 0 spiro atoms. The summed E-state index contributed by atoms with van der Waals surface area (Å²) >= 11 is 1.24. The van der Waals surface area contributed by atoms with Crippen LogP contribution in [0.3, 0.4) is 0 Å². The lowest BCUT2D eigenvalue weighted by Gasteiger charge is -2.32. The Morgan fingerprint density at radius 3 is 2.63 bits per heavy atom. The molecular weight excluding hydrogens is 281 g/mol. The topological polar surface area (TPSA) is 52.9 Å². The molecule has 1 aliphatic heterocycles. The Morgan fingerprint density at radius 1 is 1.53 bits per heavy atom. The maximum absolute atomic E-state index is 12.9. The van der Waals surface area contributed by atoms with Crippen LogP contribution in [-0.2, 0) is 0 Å². The molecule has 1 atom stereocenters. The van der Waals surface area contributed by atoms with Gasteiger partial charge in [-0.1, -0.05) is 0 Å². The highest BCUT2D eigenvalue weighted by Gasteiger charge is 2.62. The van der Waals surface area contributed by atoms with Crippen LogP contribution in [0.25, 0.3) is 0 Å². The fourth-order valence-corrected chi connectivity index (χ4v) is 2.51. The molecule has 19 heavy (non-hydrogen) atoms. The van der Waals surface area contributed by atoms with Crippen LogP contribution in [-0.4, -0.2) is 33.6 Å².